The molecule has 8 heteroatoms. The average Bonchev–Trinajstić information content (AvgIpc) is 3.27. The lowest BCUT2D eigenvalue weighted by atomic mass is 9.49. The van der Waals surface area contributed by atoms with Gasteiger partial charge in [-0.2, -0.15) is 0 Å². The minimum absolute atomic E-state index is 0.0627. The Bertz CT molecular complexity index is 1080. The molecule has 0 saturated heterocycles. The standard InChI is InChI=1S/C35H56O8/c1-8-25-10-12-29-28-11-9-26-19-27(40-17-15-32(4,38)21-42-23(2)36)20-31(35(26,7)30(28)13-14-34(25,29)6)41-18-16-33(5,39)22-43-24(3)37/h9,11,25,27,29-31,38-39H,8,10,12-22H2,1-7H3/t25-,27?,29-,30-,31?,32?,33?,34+,35-/m0/s1. The van der Waals surface area contributed by atoms with E-state index in [1.165, 1.54) is 45.1 Å². The van der Waals surface area contributed by atoms with Crippen LogP contribution < -0.4 is 0 Å². The summed E-state index contributed by atoms with van der Waals surface area (Å²) in [6, 6.07) is 0. The second-order valence-electron chi connectivity index (χ2n) is 14.8. The molecule has 43 heavy (non-hydrogen) atoms. The summed E-state index contributed by atoms with van der Waals surface area (Å²) in [5.74, 6) is 0.987. The van der Waals surface area contributed by atoms with Gasteiger partial charge in [-0.15, -0.1) is 0 Å². The van der Waals surface area contributed by atoms with Crippen LogP contribution in [0.3, 0.4) is 0 Å². The third kappa shape index (κ3) is 7.57. The van der Waals surface area contributed by atoms with E-state index in [0.29, 0.717) is 43.3 Å². The van der Waals surface area contributed by atoms with Crippen molar-refractivity contribution < 1.29 is 38.7 Å². The van der Waals surface area contributed by atoms with E-state index in [1.807, 2.05) is 0 Å². The van der Waals surface area contributed by atoms with E-state index in [0.717, 1.165) is 25.2 Å². The molecule has 0 amide bonds. The van der Waals surface area contributed by atoms with Crippen molar-refractivity contribution in [1.29, 1.82) is 0 Å². The first kappa shape index (κ1) is 34.1. The zero-order valence-corrected chi connectivity index (χ0v) is 27.6. The van der Waals surface area contributed by atoms with Crippen molar-refractivity contribution >= 4 is 11.9 Å². The summed E-state index contributed by atoms with van der Waals surface area (Å²) < 4.78 is 23.2. The molecule has 4 unspecified atom stereocenters. The molecular weight excluding hydrogens is 548 g/mol. The smallest absolute Gasteiger partial charge is 0.302 e. The monoisotopic (exact) mass is 604 g/mol. The van der Waals surface area contributed by atoms with Gasteiger partial charge >= 0.3 is 11.9 Å². The lowest BCUT2D eigenvalue weighted by Gasteiger charge is -2.57. The fraction of sp³-hybridized carbons (Fsp3) is 0.829. The van der Waals surface area contributed by atoms with Crippen LogP contribution >= 0.6 is 0 Å². The SMILES string of the molecule is CC[C@H]1CC[C@H]2C3=CC=C4CC(OCCC(C)(O)COC(C)=O)CC(OCCC(C)(O)COC(C)=O)[C@]4(C)[C@H]3CC[C@]12C. The number of ether oxygens (including phenoxy) is 4. The van der Waals surface area contributed by atoms with E-state index >= 15 is 0 Å². The Morgan fingerprint density at radius 1 is 0.907 bits per heavy atom. The van der Waals surface area contributed by atoms with Gasteiger partial charge in [-0.05, 0) is 69.1 Å². The van der Waals surface area contributed by atoms with Gasteiger partial charge in [-0.1, -0.05) is 50.5 Å². The van der Waals surface area contributed by atoms with E-state index in [2.05, 4.69) is 32.9 Å². The van der Waals surface area contributed by atoms with E-state index in [9.17, 15) is 19.8 Å². The summed E-state index contributed by atoms with van der Waals surface area (Å²) in [5.41, 5.74) is 0.826. The van der Waals surface area contributed by atoms with Crippen LogP contribution in [0.5, 0.6) is 0 Å². The molecule has 0 aromatic rings. The van der Waals surface area contributed by atoms with Gasteiger partial charge < -0.3 is 29.2 Å². The van der Waals surface area contributed by atoms with E-state index < -0.39 is 23.1 Å². The molecule has 3 saturated carbocycles. The van der Waals surface area contributed by atoms with Gasteiger partial charge in [-0.3, -0.25) is 9.59 Å². The van der Waals surface area contributed by atoms with Crippen molar-refractivity contribution in [3.05, 3.63) is 23.3 Å². The molecule has 0 heterocycles. The van der Waals surface area contributed by atoms with Crippen LogP contribution in [0.4, 0.5) is 0 Å². The minimum atomic E-state index is -1.17. The molecule has 0 aliphatic heterocycles. The lowest BCUT2D eigenvalue weighted by Crippen LogP contribution is -2.53. The number of aliphatic hydroxyl groups is 2. The van der Waals surface area contributed by atoms with Crippen LogP contribution in [0.1, 0.15) is 106 Å². The van der Waals surface area contributed by atoms with Crippen molar-refractivity contribution in [3.8, 4) is 0 Å². The highest BCUT2D eigenvalue weighted by Gasteiger charge is 2.58. The van der Waals surface area contributed by atoms with Crippen LogP contribution in [0.2, 0.25) is 0 Å². The van der Waals surface area contributed by atoms with Crippen LogP contribution in [0, 0.1) is 28.6 Å². The van der Waals surface area contributed by atoms with Crippen LogP contribution in [-0.2, 0) is 28.5 Å². The first-order valence-electron chi connectivity index (χ1n) is 16.5. The maximum absolute atomic E-state index is 11.3. The maximum atomic E-state index is 11.3. The maximum Gasteiger partial charge on any atom is 0.302 e. The number of fused-ring (bicyclic) bond motifs is 5. The second-order valence-corrected chi connectivity index (χ2v) is 14.8. The fourth-order valence-corrected chi connectivity index (χ4v) is 8.68. The van der Waals surface area contributed by atoms with E-state index in [-0.39, 0.29) is 30.8 Å². The minimum Gasteiger partial charge on any atom is -0.463 e. The number of carbonyl (C=O) groups excluding carboxylic acids is 2. The Balaban J connectivity index is 1.51. The summed E-state index contributed by atoms with van der Waals surface area (Å²) in [4.78, 5) is 22.5. The quantitative estimate of drug-likeness (QED) is 0.258. The van der Waals surface area contributed by atoms with Gasteiger partial charge in [0.2, 0.25) is 0 Å². The highest BCUT2D eigenvalue weighted by molar-refractivity contribution is 5.66. The van der Waals surface area contributed by atoms with E-state index in [1.54, 1.807) is 19.4 Å². The number of carbonyl (C=O) groups is 2. The Hall–Kier alpha value is -1.74. The number of esters is 2. The van der Waals surface area contributed by atoms with Crippen molar-refractivity contribution in [2.24, 2.45) is 28.6 Å². The molecule has 4 aliphatic carbocycles. The van der Waals surface area contributed by atoms with Crippen LogP contribution in [0.25, 0.3) is 0 Å². The molecule has 0 aromatic heterocycles. The van der Waals surface area contributed by atoms with Gasteiger partial charge in [0, 0.05) is 51.7 Å². The molecule has 0 radical (unpaired) electrons. The zero-order valence-electron chi connectivity index (χ0n) is 27.6. The second kappa shape index (κ2) is 13.3. The summed E-state index contributed by atoms with van der Waals surface area (Å²) in [6.45, 7) is 13.8. The van der Waals surface area contributed by atoms with Gasteiger partial charge in [0.25, 0.3) is 0 Å². The first-order chi connectivity index (χ1) is 20.1. The molecule has 2 N–H and O–H groups in total. The highest BCUT2D eigenvalue weighted by Crippen LogP contribution is 2.65. The van der Waals surface area contributed by atoms with Gasteiger partial charge in [0.05, 0.1) is 23.4 Å². The molecule has 244 valence electrons. The van der Waals surface area contributed by atoms with Crippen molar-refractivity contribution in [3.63, 3.8) is 0 Å². The molecule has 8 nitrogen and oxygen atoms in total. The van der Waals surface area contributed by atoms with Crippen molar-refractivity contribution in [1.82, 2.24) is 0 Å². The normalized spacial score (nSPS) is 36.2. The molecule has 4 aliphatic rings. The molecule has 0 aromatic carbocycles. The molecule has 0 bridgehead atoms. The molecule has 4 rings (SSSR count). The average molecular weight is 605 g/mol. The predicted octanol–water partition coefficient (Wildman–Crippen LogP) is 5.68. The first-order valence-corrected chi connectivity index (χ1v) is 16.5. The number of hydrogen-bond donors (Lipinski definition) is 2. The lowest BCUT2D eigenvalue weighted by molar-refractivity contribution is -0.151. The third-order valence-electron chi connectivity index (χ3n) is 11.4. The van der Waals surface area contributed by atoms with Gasteiger partial charge in [0.1, 0.15) is 13.2 Å². The number of rotatable bonds is 13. The third-order valence-corrected chi connectivity index (χ3v) is 11.4. The fourth-order valence-electron chi connectivity index (χ4n) is 8.68. The van der Waals surface area contributed by atoms with Gasteiger partial charge in [-0.25, -0.2) is 0 Å². The Morgan fingerprint density at radius 2 is 1.51 bits per heavy atom. The summed E-state index contributed by atoms with van der Waals surface area (Å²) >= 11 is 0. The molecular formula is C35H56O8. The summed E-state index contributed by atoms with van der Waals surface area (Å²) in [7, 11) is 0. The van der Waals surface area contributed by atoms with Crippen LogP contribution in [0.15, 0.2) is 23.3 Å². The van der Waals surface area contributed by atoms with Crippen molar-refractivity contribution in [2.45, 2.75) is 130 Å². The molecule has 9 atom stereocenters. The highest BCUT2D eigenvalue weighted by atomic mass is 16.5. The summed E-state index contributed by atoms with van der Waals surface area (Å²) in [5, 5.41) is 21.5. The van der Waals surface area contributed by atoms with Gasteiger partial charge in [0.15, 0.2) is 0 Å². The number of allylic oxidation sites excluding steroid dienone is 3. The largest absolute Gasteiger partial charge is 0.463 e. The Labute approximate surface area is 258 Å². The number of hydrogen-bond acceptors (Lipinski definition) is 8. The topological polar surface area (TPSA) is 112 Å². The van der Waals surface area contributed by atoms with E-state index in [4.69, 9.17) is 18.9 Å². The van der Waals surface area contributed by atoms with Crippen LogP contribution in [-0.4, -0.2) is 72.0 Å². The zero-order chi connectivity index (χ0) is 31.6. The Morgan fingerprint density at radius 3 is 2.09 bits per heavy atom. The van der Waals surface area contributed by atoms with Crippen molar-refractivity contribution in [2.75, 3.05) is 26.4 Å². The summed E-state index contributed by atoms with van der Waals surface area (Å²) in [6.07, 6.45) is 13.0. The predicted molar refractivity (Wildman–Crippen MR) is 164 cm³/mol. The molecule has 0 spiro atoms. The molecule has 3 fully saturated rings. The Kier molecular flexibility index (Phi) is 10.6.